The lowest BCUT2D eigenvalue weighted by Crippen LogP contribution is -2.59. The summed E-state index contributed by atoms with van der Waals surface area (Å²) >= 11 is 0. The van der Waals surface area contributed by atoms with Gasteiger partial charge in [0, 0.05) is 12.3 Å². The average Bonchev–Trinajstić information content (AvgIpc) is 2.75. The fraction of sp³-hybridized carbons (Fsp3) is 0.846. The number of nitrogens with one attached hydrogen (secondary N) is 1. The number of carbonyl (C=O) groups excluding carboxylic acids is 2. The predicted molar refractivity (Wildman–Crippen MR) is 75.7 cm³/mol. The number of nitrogens with two attached hydrogens (primary N) is 1. The molecule has 0 bridgehead atoms. The Bertz CT molecular complexity index is 314. The summed E-state index contributed by atoms with van der Waals surface area (Å²) in [6, 6.07) is 0. The number of unbranched alkanes of at least 4 members (excludes halogenated alkanes) is 1. The van der Waals surface area contributed by atoms with Crippen molar-refractivity contribution < 1.29 is 9.59 Å². The Morgan fingerprint density at radius 2 is 1.89 bits per heavy atom. The molecule has 0 aromatic carbocycles. The monoisotopic (exact) mass is 272 g/mol. The SMILES string of the molecule is NCCCC[C@@H]1CC(=O)C2(CCCC2)NC1=O.S. The highest BCUT2D eigenvalue weighted by atomic mass is 32.1. The third kappa shape index (κ3) is 3.06. The van der Waals surface area contributed by atoms with Gasteiger partial charge in [-0.2, -0.15) is 13.5 Å². The van der Waals surface area contributed by atoms with Gasteiger partial charge in [0.1, 0.15) is 0 Å². The molecule has 1 aliphatic carbocycles. The Morgan fingerprint density at radius 1 is 1.22 bits per heavy atom. The number of hydrogen-bond donors (Lipinski definition) is 2. The van der Waals surface area contributed by atoms with Crippen LogP contribution in [0, 0.1) is 5.92 Å². The molecule has 2 fully saturated rings. The zero-order valence-corrected chi connectivity index (χ0v) is 11.8. The lowest BCUT2D eigenvalue weighted by atomic mass is 9.79. The fourth-order valence-electron chi connectivity index (χ4n) is 3.07. The van der Waals surface area contributed by atoms with Gasteiger partial charge in [0.15, 0.2) is 5.78 Å². The Labute approximate surface area is 116 Å². The highest BCUT2D eigenvalue weighted by molar-refractivity contribution is 7.59. The van der Waals surface area contributed by atoms with E-state index in [1.807, 2.05) is 0 Å². The van der Waals surface area contributed by atoms with Crippen LogP contribution in [-0.4, -0.2) is 23.8 Å². The first-order valence-electron chi connectivity index (χ1n) is 6.73. The zero-order valence-electron chi connectivity index (χ0n) is 10.8. The molecule has 0 aromatic rings. The summed E-state index contributed by atoms with van der Waals surface area (Å²) in [6.07, 6.45) is 6.91. The minimum Gasteiger partial charge on any atom is -0.343 e. The van der Waals surface area contributed by atoms with Crippen molar-refractivity contribution in [1.29, 1.82) is 0 Å². The van der Waals surface area contributed by atoms with Crippen molar-refractivity contribution in [2.24, 2.45) is 11.7 Å². The Balaban J connectivity index is 0.00000162. The minimum atomic E-state index is -0.485. The summed E-state index contributed by atoms with van der Waals surface area (Å²) in [5, 5.41) is 3.00. The second-order valence-electron chi connectivity index (χ2n) is 5.39. The summed E-state index contributed by atoms with van der Waals surface area (Å²) in [4.78, 5) is 24.2. The van der Waals surface area contributed by atoms with Gasteiger partial charge in [0.25, 0.3) is 0 Å². The molecule has 3 N–H and O–H groups in total. The maximum Gasteiger partial charge on any atom is 0.224 e. The first-order valence-corrected chi connectivity index (χ1v) is 6.73. The van der Waals surface area contributed by atoms with Gasteiger partial charge in [-0.15, -0.1) is 0 Å². The van der Waals surface area contributed by atoms with Crippen molar-refractivity contribution in [2.45, 2.75) is 56.9 Å². The Morgan fingerprint density at radius 3 is 2.50 bits per heavy atom. The number of carbonyl (C=O) groups is 2. The summed E-state index contributed by atoms with van der Waals surface area (Å²) < 4.78 is 0. The van der Waals surface area contributed by atoms with Crippen LogP contribution in [0.4, 0.5) is 0 Å². The van der Waals surface area contributed by atoms with Crippen LogP contribution in [0.2, 0.25) is 0 Å². The number of ketones is 1. The van der Waals surface area contributed by atoms with E-state index in [2.05, 4.69) is 5.32 Å². The lowest BCUT2D eigenvalue weighted by molar-refractivity contribution is -0.141. The van der Waals surface area contributed by atoms with E-state index in [9.17, 15) is 9.59 Å². The first kappa shape index (κ1) is 15.5. The zero-order chi connectivity index (χ0) is 12.3. The normalized spacial score (nSPS) is 25.9. The number of piperidine rings is 1. The fourth-order valence-corrected chi connectivity index (χ4v) is 3.07. The molecule has 0 aromatic heterocycles. The molecular formula is C13H24N2O2S. The van der Waals surface area contributed by atoms with E-state index < -0.39 is 5.54 Å². The van der Waals surface area contributed by atoms with Crippen LogP contribution in [0.1, 0.15) is 51.4 Å². The van der Waals surface area contributed by atoms with E-state index in [1.165, 1.54) is 0 Å². The van der Waals surface area contributed by atoms with E-state index in [1.54, 1.807) is 0 Å². The lowest BCUT2D eigenvalue weighted by Gasteiger charge is -2.36. The van der Waals surface area contributed by atoms with E-state index >= 15 is 0 Å². The summed E-state index contributed by atoms with van der Waals surface area (Å²) in [7, 11) is 0. The van der Waals surface area contributed by atoms with Crippen LogP contribution in [0.3, 0.4) is 0 Å². The quantitative estimate of drug-likeness (QED) is 0.756. The maximum atomic E-state index is 12.2. The second kappa shape index (κ2) is 6.57. The summed E-state index contributed by atoms with van der Waals surface area (Å²) in [6.45, 7) is 0.659. The number of rotatable bonds is 4. The van der Waals surface area contributed by atoms with Crippen LogP contribution >= 0.6 is 13.5 Å². The predicted octanol–water partition coefficient (Wildman–Crippen LogP) is 1.25. The van der Waals surface area contributed by atoms with Gasteiger partial charge in [-0.3, -0.25) is 9.59 Å². The molecule has 18 heavy (non-hydrogen) atoms. The van der Waals surface area contributed by atoms with E-state index in [0.717, 1.165) is 44.9 Å². The van der Waals surface area contributed by atoms with Gasteiger partial charge < -0.3 is 11.1 Å². The second-order valence-corrected chi connectivity index (χ2v) is 5.39. The molecule has 1 heterocycles. The maximum absolute atomic E-state index is 12.2. The van der Waals surface area contributed by atoms with Crippen molar-refractivity contribution in [3.63, 3.8) is 0 Å². The van der Waals surface area contributed by atoms with Crippen molar-refractivity contribution in [3.8, 4) is 0 Å². The molecule has 1 saturated heterocycles. The molecule has 1 aliphatic heterocycles. The van der Waals surface area contributed by atoms with E-state index in [-0.39, 0.29) is 31.1 Å². The van der Waals surface area contributed by atoms with Gasteiger partial charge >= 0.3 is 0 Å². The van der Waals surface area contributed by atoms with Crippen molar-refractivity contribution in [2.75, 3.05) is 6.54 Å². The molecule has 1 amide bonds. The third-order valence-corrected chi connectivity index (χ3v) is 4.16. The highest BCUT2D eigenvalue weighted by Crippen LogP contribution is 2.36. The third-order valence-electron chi connectivity index (χ3n) is 4.16. The molecule has 5 heteroatoms. The van der Waals surface area contributed by atoms with Crippen molar-refractivity contribution >= 4 is 25.2 Å². The molecule has 1 spiro atoms. The molecule has 1 atom stereocenters. The van der Waals surface area contributed by atoms with Crippen LogP contribution < -0.4 is 11.1 Å². The van der Waals surface area contributed by atoms with Gasteiger partial charge in [-0.25, -0.2) is 0 Å². The number of amides is 1. The summed E-state index contributed by atoms with van der Waals surface area (Å²) in [5.74, 6) is 0.233. The molecule has 0 radical (unpaired) electrons. The molecule has 0 unspecified atom stereocenters. The van der Waals surface area contributed by atoms with Gasteiger partial charge in [-0.05, 0) is 32.2 Å². The van der Waals surface area contributed by atoms with Gasteiger partial charge in [0.2, 0.25) is 5.91 Å². The van der Waals surface area contributed by atoms with Gasteiger partial charge in [0.05, 0.1) is 5.54 Å². The average molecular weight is 272 g/mol. The molecule has 1 saturated carbocycles. The van der Waals surface area contributed by atoms with E-state index in [4.69, 9.17) is 5.73 Å². The summed E-state index contributed by atoms with van der Waals surface area (Å²) in [5.41, 5.74) is 4.95. The largest absolute Gasteiger partial charge is 0.343 e. The van der Waals surface area contributed by atoms with Crippen molar-refractivity contribution in [3.05, 3.63) is 0 Å². The highest BCUT2D eigenvalue weighted by Gasteiger charge is 2.47. The Kier molecular flexibility index (Phi) is 5.66. The first-order chi connectivity index (χ1) is 8.18. The van der Waals surface area contributed by atoms with Crippen molar-refractivity contribution in [1.82, 2.24) is 5.32 Å². The Hall–Kier alpha value is -0.550. The molecule has 2 aliphatic rings. The standard InChI is InChI=1S/C13H22N2O2.H2S/c14-8-4-1-5-10-9-11(16)13(15-12(10)17)6-2-3-7-13;/h10H,1-9,14H2,(H,15,17);1H2/t10-;/m1./s1. The molecule has 4 nitrogen and oxygen atoms in total. The smallest absolute Gasteiger partial charge is 0.224 e. The molecular weight excluding hydrogens is 248 g/mol. The number of Topliss-reactive ketones (excluding diaryl/α,β-unsaturated/α-hetero) is 1. The van der Waals surface area contributed by atoms with Crippen LogP contribution in [0.25, 0.3) is 0 Å². The number of hydrogen-bond acceptors (Lipinski definition) is 3. The van der Waals surface area contributed by atoms with Gasteiger partial charge in [-0.1, -0.05) is 19.3 Å². The molecule has 104 valence electrons. The van der Waals surface area contributed by atoms with Crippen LogP contribution in [0.5, 0.6) is 0 Å². The van der Waals surface area contributed by atoms with Crippen LogP contribution in [-0.2, 0) is 9.59 Å². The van der Waals surface area contributed by atoms with E-state index in [0.29, 0.717) is 13.0 Å². The topological polar surface area (TPSA) is 72.2 Å². The minimum absolute atomic E-state index is 0. The van der Waals surface area contributed by atoms with Crippen LogP contribution in [0.15, 0.2) is 0 Å². The molecule has 2 rings (SSSR count).